The summed E-state index contributed by atoms with van der Waals surface area (Å²) < 4.78 is 6.83. The number of pyridine rings is 1. The quantitative estimate of drug-likeness (QED) is 0.615. The zero-order valence-corrected chi connectivity index (χ0v) is 15.3. The van der Waals surface area contributed by atoms with Crippen molar-refractivity contribution in [2.75, 3.05) is 6.61 Å². The zero-order valence-electron chi connectivity index (χ0n) is 13.0. The summed E-state index contributed by atoms with van der Waals surface area (Å²) in [5, 5.41) is 0.497. The Bertz CT molecular complexity index is 738. The second-order valence-electron chi connectivity index (χ2n) is 4.94. The predicted molar refractivity (Wildman–Crippen MR) is 97.9 cm³/mol. The molecule has 1 atom stereocenters. The number of rotatable bonds is 4. The van der Waals surface area contributed by atoms with Gasteiger partial charge in [0.15, 0.2) is 0 Å². The lowest BCUT2D eigenvalue weighted by Crippen LogP contribution is -2.21. The summed E-state index contributed by atoms with van der Waals surface area (Å²) in [5.74, 6) is -0.585. The number of aromatic nitrogens is 1. The third kappa shape index (κ3) is 3.49. The van der Waals surface area contributed by atoms with Gasteiger partial charge >= 0.3 is 5.97 Å². The first kappa shape index (κ1) is 18.6. The molecule has 0 saturated carbocycles. The van der Waals surface area contributed by atoms with Crippen LogP contribution >= 0.6 is 24.0 Å². The second-order valence-corrected chi connectivity index (χ2v) is 4.94. The average Bonchev–Trinajstić information content (AvgIpc) is 2.47. The Kier molecular flexibility index (Phi) is 6.55. The molecule has 0 bridgehead atoms. The number of fused-ring (bicyclic) bond motifs is 1. The van der Waals surface area contributed by atoms with Gasteiger partial charge in [0.1, 0.15) is 5.56 Å². The maximum Gasteiger partial charge on any atom is 0.343 e. The van der Waals surface area contributed by atoms with Crippen LogP contribution in [0.2, 0.25) is 0 Å². The van der Waals surface area contributed by atoms with Crippen molar-refractivity contribution in [2.45, 2.75) is 33.4 Å². The second kappa shape index (κ2) is 7.73. The molecule has 0 aliphatic rings. The molecule has 0 aliphatic carbocycles. The van der Waals surface area contributed by atoms with Crippen LogP contribution in [0.25, 0.3) is 10.9 Å². The Hall–Kier alpha value is -1.41. The van der Waals surface area contributed by atoms with Crippen LogP contribution in [-0.2, 0) is 11.3 Å². The highest BCUT2D eigenvalue weighted by molar-refractivity contribution is 14.0. The Morgan fingerprint density at radius 1 is 1.36 bits per heavy atom. The molecular weight excluding hydrogens is 395 g/mol. The Morgan fingerprint density at radius 2 is 2.05 bits per heavy atom. The van der Waals surface area contributed by atoms with Crippen molar-refractivity contribution in [1.29, 1.82) is 0 Å². The number of aryl methyl sites for hydroxylation is 1. The summed E-state index contributed by atoms with van der Waals surface area (Å²) in [4.78, 5) is 24.5. The van der Waals surface area contributed by atoms with Gasteiger partial charge in [-0.3, -0.25) is 4.79 Å². The number of halogens is 1. The Balaban J connectivity index is 0.00000242. The number of nitrogens with two attached hydrogens (primary N) is 1. The molecule has 22 heavy (non-hydrogen) atoms. The largest absolute Gasteiger partial charge is 0.462 e. The zero-order chi connectivity index (χ0) is 15.6. The van der Waals surface area contributed by atoms with Gasteiger partial charge in [-0.2, -0.15) is 0 Å². The smallest absolute Gasteiger partial charge is 0.343 e. The molecule has 1 heterocycles. The molecule has 1 unspecified atom stereocenters. The molecule has 120 valence electrons. The van der Waals surface area contributed by atoms with Crippen LogP contribution in [0.5, 0.6) is 0 Å². The first-order valence-electron chi connectivity index (χ1n) is 7.09. The predicted octanol–water partition coefficient (Wildman–Crippen LogP) is 2.84. The van der Waals surface area contributed by atoms with E-state index in [9.17, 15) is 9.59 Å². The van der Waals surface area contributed by atoms with E-state index in [1.807, 2.05) is 30.5 Å². The van der Waals surface area contributed by atoms with E-state index in [0.717, 1.165) is 11.1 Å². The van der Waals surface area contributed by atoms with Crippen LogP contribution in [-0.4, -0.2) is 17.1 Å². The number of carbonyl (C=O) groups is 1. The van der Waals surface area contributed by atoms with Gasteiger partial charge < -0.3 is 15.0 Å². The summed E-state index contributed by atoms with van der Waals surface area (Å²) in [6.07, 6.45) is 1.56. The van der Waals surface area contributed by atoms with Gasteiger partial charge in [-0.1, -0.05) is 6.07 Å². The summed E-state index contributed by atoms with van der Waals surface area (Å²) in [7, 11) is 0. The molecular formula is C16H21IN2O3. The van der Waals surface area contributed by atoms with E-state index in [4.69, 9.17) is 10.5 Å². The number of carbonyl (C=O) groups excluding carboxylic acids is 1. The highest BCUT2D eigenvalue weighted by Crippen LogP contribution is 2.18. The van der Waals surface area contributed by atoms with Crippen molar-refractivity contribution >= 4 is 40.8 Å². The van der Waals surface area contributed by atoms with Crippen LogP contribution in [0.1, 0.15) is 42.7 Å². The standard InChI is InChI=1S/C16H20N2O3.HI/c1-4-18-9-13(16(20)21-5-2)15(19)12-8-11(10(3)17)6-7-14(12)18;/h6-10H,4-5,17H2,1-3H3;1H. The Morgan fingerprint density at radius 3 is 2.59 bits per heavy atom. The number of ether oxygens (including phenoxy) is 1. The van der Waals surface area contributed by atoms with Crippen molar-refractivity contribution in [3.63, 3.8) is 0 Å². The third-order valence-electron chi connectivity index (χ3n) is 3.47. The molecule has 2 rings (SSSR count). The summed E-state index contributed by atoms with van der Waals surface area (Å²) in [5.41, 5.74) is 7.28. The molecule has 0 spiro atoms. The maximum absolute atomic E-state index is 12.5. The monoisotopic (exact) mass is 416 g/mol. The maximum atomic E-state index is 12.5. The number of hydrogen-bond donors (Lipinski definition) is 1. The van der Waals surface area contributed by atoms with E-state index >= 15 is 0 Å². The van der Waals surface area contributed by atoms with E-state index in [0.29, 0.717) is 11.9 Å². The molecule has 5 nitrogen and oxygen atoms in total. The van der Waals surface area contributed by atoms with E-state index in [2.05, 4.69) is 0 Å². The van der Waals surface area contributed by atoms with Gasteiger partial charge in [0, 0.05) is 24.2 Å². The fraction of sp³-hybridized carbons (Fsp3) is 0.375. The molecule has 1 aromatic carbocycles. The van der Waals surface area contributed by atoms with Crippen molar-refractivity contribution in [3.05, 3.63) is 45.7 Å². The molecule has 2 N–H and O–H groups in total. The Labute approximate surface area is 146 Å². The van der Waals surface area contributed by atoms with Gasteiger partial charge in [0.25, 0.3) is 0 Å². The van der Waals surface area contributed by atoms with E-state index in [1.54, 1.807) is 19.2 Å². The molecule has 6 heteroatoms. The van der Waals surface area contributed by atoms with E-state index in [1.165, 1.54) is 0 Å². The minimum absolute atomic E-state index is 0. The van der Waals surface area contributed by atoms with Crippen molar-refractivity contribution < 1.29 is 9.53 Å². The first-order chi connectivity index (χ1) is 9.99. The van der Waals surface area contributed by atoms with Gasteiger partial charge in [-0.25, -0.2) is 4.79 Å². The van der Waals surface area contributed by atoms with E-state index in [-0.39, 0.29) is 47.6 Å². The summed E-state index contributed by atoms with van der Waals surface area (Å²) in [6.45, 7) is 6.42. The average molecular weight is 416 g/mol. The van der Waals surface area contributed by atoms with Crippen LogP contribution in [0.15, 0.2) is 29.2 Å². The first-order valence-corrected chi connectivity index (χ1v) is 7.09. The fourth-order valence-corrected chi connectivity index (χ4v) is 2.31. The summed E-state index contributed by atoms with van der Waals surface area (Å²) >= 11 is 0. The number of esters is 1. The lowest BCUT2D eigenvalue weighted by Gasteiger charge is -2.13. The minimum atomic E-state index is -0.585. The van der Waals surface area contributed by atoms with E-state index < -0.39 is 5.97 Å². The highest BCUT2D eigenvalue weighted by Gasteiger charge is 2.16. The molecule has 2 aromatic rings. The van der Waals surface area contributed by atoms with Crippen LogP contribution in [0.4, 0.5) is 0 Å². The van der Waals surface area contributed by atoms with Gasteiger partial charge in [-0.15, -0.1) is 24.0 Å². The number of hydrogen-bond acceptors (Lipinski definition) is 4. The SMILES string of the molecule is CCOC(=O)c1cn(CC)c2ccc(C(C)N)cc2c1=O.I. The third-order valence-corrected chi connectivity index (χ3v) is 3.47. The lowest BCUT2D eigenvalue weighted by molar-refractivity contribution is 0.0524. The summed E-state index contributed by atoms with van der Waals surface area (Å²) in [6, 6.07) is 5.36. The van der Waals surface area contributed by atoms with Gasteiger partial charge in [0.2, 0.25) is 5.43 Å². The molecule has 0 saturated heterocycles. The fourth-order valence-electron chi connectivity index (χ4n) is 2.31. The normalized spacial score (nSPS) is 11.8. The molecule has 0 radical (unpaired) electrons. The van der Waals surface area contributed by atoms with Gasteiger partial charge in [-0.05, 0) is 38.5 Å². The molecule has 0 aliphatic heterocycles. The minimum Gasteiger partial charge on any atom is -0.462 e. The topological polar surface area (TPSA) is 74.3 Å². The van der Waals surface area contributed by atoms with Gasteiger partial charge in [0.05, 0.1) is 12.1 Å². The van der Waals surface area contributed by atoms with Crippen LogP contribution in [0, 0.1) is 0 Å². The van der Waals surface area contributed by atoms with Crippen LogP contribution in [0.3, 0.4) is 0 Å². The van der Waals surface area contributed by atoms with Crippen LogP contribution < -0.4 is 11.2 Å². The number of benzene rings is 1. The molecule has 0 fully saturated rings. The lowest BCUT2D eigenvalue weighted by atomic mass is 10.0. The van der Waals surface area contributed by atoms with Crippen molar-refractivity contribution in [1.82, 2.24) is 4.57 Å². The highest BCUT2D eigenvalue weighted by atomic mass is 127. The molecule has 1 aromatic heterocycles. The molecule has 0 amide bonds. The number of nitrogens with zero attached hydrogens (tertiary/aromatic N) is 1. The van der Waals surface area contributed by atoms with Crippen molar-refractivity contribution in [3.8, 4) is 0 Å². The van der Waals surface area contributed by atoms with Crippen molar-refractivity contribution in [2.24, 2.45) is 5.73 Å².